The second kappa shape index (κ2) is 3.96. The van der Waals surface area contributed by atoms with Crippen molar-refractivity contribution in [1.82, 2.24) is 14.8 Å². The van der Waals surface area contributed by atoms with Crippen LogP contribution < -0.4 is 0 Å². The minimum absolute atomic E-state index is 0.189. The number of carbonyl (C=O) groups is 1. The Morgan fingerprint density at radius 1 is 1.73 bits per heavy atom. The van der Waals surface area contributed by atoms with E-state index >= 15 is 0 Å². The summed E-state index contributed by atoms with van der Waals surface area (Å²) in [5.41, 5.74) is 0. The standard InChI is InChI=1S/C10H15N3OS/c1-10(4-3-5-15-10)8(14)6-9-11-7-12-13(9)2/h7H,3-6H2,1-2H3. The van der Waals surface area contributed by atoms with Crippen LogP contribution in [0.5, 0.6) is 0 Å². The van der Waals surface area contributed by atoms with Gasteiger partial charge in [0.2, 0.25) is 0 Å². The Morgan fingerprint density at radius 3 is 3.07 bits per heavy atom. The maximum absolute atomic E-state index is 12.1. The normalized spacial score (nSPS) is 25.7. The Morgan fingerprint density at radius 2 is 2.53 bits per heavy atom. The molecule has 2 heterocycles. The number of aryl methyl sites for hydroxylation is 1. The van der Waals surface area contributed by atoms with Gasteiger partial charge in [0, 0.05) is 7.05 Å². The zero-order chi connectivity index (χ0) is 10.9. The predicted molar refractivity (Wildman–Crippen MR) is 59.8 cm³/mol. The molecule has 4 nitrogen and oxygen atoms in total. The minimum atomic E-state index is -0.189. The third-order valence-electron chi connectivity index (χ3n) is 2.93. The van der Waals surface area contributed by atoms with Gasteiger partial charge >= 0.3 is 0 Å². The molecule has 0 aliphatic carbocycles. The number of hydrogen-bond acceptors (Lipinski definition) is 4. The average molecular weight is 225 g/mol. The lowest BCUT2D eigenvalue weighted by Gasteiger charge is -2.20. The van der Waals surface area contributed by atoms with Gasteiger partial charge in [-0.15, -0.1) is 11.8 Å². The third kappa shape index (κ3) is 2.07. The zero-order valence-electron chi connectivity index (χ0n) is 9.06. The molecule has 0 bridgehead atoms. The maximum atomic E-state index is 12.1. The van der Waals surface area contributed by atoms with Gasteiger partial charge in [0.25, 0.3) is 0 Å². The summed E-state index contributed by atoms with van der Waals surface area (Å²) in [6.07, 6.45) is 4.03. The molecule has 0 aromatic carbocycles. The average Bonchev–Trinajstić information content (AvgIpc) is 2.78. The van der Waals surface area contributed by atoms with Crippen LogP contribution in [-0.4, -0.2) is 31.0 Å². The molecule has 1 aliphatic heterocycles. The summed E-state index contributed by atoms with van der Waals surface area (Å²) < 4.78 is 1.48. The van der Waals surface area contributed by atoms with Gasteiger partial charge in [-0.25, -0.2) is 4.98 Å². The summed E-state index contributed by atoms with van der Waals surface area (Å²) in [5, 5.41) is 3.97. The lowest BCUT2D eigenvalue weighted by molar-refractivity contribution is -0.120. The molecule has 1 aliphatic rings. The van der Waals surface area contributed by atoms with Crippen LogP contribution in [0.15, 0.2) is 6.33 Å². The third-order valence-corrected chi connectivity index (χ3v) is 4.49. The Bertz CT molecular complexity index is 368. The first-order valence-corrected chi connectivity index (χ1v) is 6.10. The first-order valence-electron chi connectivity index (χ1n) is 5.12. The van der Waals surface area contributed by atoms with Gasteiger partial charge < -0.3 is 0 Å². The fraction of sp³-hybridized carbons (Fsp3) is 0.700. The Hall–Kier alpha value is -0.840. The van der Waals surface area contributed by atoms with Crippen LogP contribution in [0.1, 0.15) is 25.6 Å². The number of carbonyl (C=O) groups excluding carboxylic acids is 1. The summed E-state index contributed by atoms with van der Waals surface area (Å²) >= 11 is 1.77. The fourth-order valence-corrected chi connectivity index (χ4v) is 3.07. The van der Waals surface area contributed by atoms with Crippen molar-refractivity contribution in [3.63, 3.8) is 0 Å². The van der Waals surface area contributed by atoms with E-state index in [0.29, 0.717) is 6.42 Å². The predicted octanol–water partition coefficient (Wildman–Crippen LogP) is 1.21. The highest BCUT2D eigenvalue weighted by Gasteiger charge is 2.37. The van der Waals surface area contributed by atoms with Gasteiger partial charge in [-0.2, -0.15) is 5.10 Å². The van der Waals surface area contributed by atoms with Crippen molar-refractivity contribution in [3.05, 3.63) is 12.2 Å². The molecule has 1 unspecified atom stereocenters. The lowest BCUT2D eigenvalue weighted by atomic mass is 9.98. The summed E-state index contributed by atoms with van der Waals surface area (Å²) in [5.74, 6) is 2.14. The van der Waals surface area contributed by atoms with Crippen molar-refractivity contribution in [3.8, 4) is 0 Å². The van der Waals surface area contributed by atoms with Gasteiger partial charge in [-0.05, 0) is 25.5 Å². The van der Waals surface area contributed by atoms with Crippen molar-refractivity contribution < 1.29 is 4.79 Å². The number of nitrogens with zero attached hydrogens (tertiary/aromatic N) is 3. The first kappa shape index (κ1) is 10.7. The molecule has 82 valence electrons. The van der Waals surface area contributed by atoms with E-state index in [9.17, 15) is 4.79 Å². The van der Waals surface area contributed by atoms with Gasteiger partial charge in [-0.3, -0.25) is 9.48 Å². The topological polar surface area (TPSA) is 47.8 Å². The molecule has 1 aromatic heterocycles. The van der Waals surface area contributed by atoms with E-state index in [1.807, 2.05) is 14.0 Å². The highest BCUT2D eigenvalue weighted by molar-refractivity contribution is 8.01. The Balaban J connectivity index is 2.07. The minimum Gasteiger partial charge on any atom is -0.298 e. The summed E-state index contributed by atoms with van der Waals surface area (Å²) in [6.45, 7) is 2.05. The van der Waals surface area contributed by atoms with E-state index in [0.717, 1.165) is 24.4 Å². The zero-order valence-corrected chi connectivity index (χ0v) is 9.88. The summed E-state index contributed by atoms with van der Waals surface area (Å²) in [7, 11) is 1.82. The van der Waals surface area contributed by atoms with E-state index in [1.165, 1.54) is 6.33 Å². The molecule has 0 N–H and O–H groups in total. The highest BCUT2D eigenvalue weighted by Crippen LogP contribution is 2.38. The van der Waals surface area contributed by atoms with Crippen LogP contribution in [0.3, 0.4) is 0 Å². The van der Waals surface area contributed by atoms with Crippen LogP contribution in [0, 0.1) is 0 Å². The van der Waals surface area contributed by atoms with Crippen molar-refractivity contribution >= 4 is 17.5 Å². The number of thioether (sulfide) groups is 1. The van der Waals surface area contributed by atoms with Crippen molar-refractivity contribution in [1.29, 1.82) is 0 Å². The molecule has 1 aromatic rings. The number of Topliss-reactive ketones (excluding diaryl/α,β-unsaturated/α-hetero) is 1. The number of ketones is 1. The van der Waals surface area contributed by atoms with Crippen LogP contribution in [0.25, 0.3) is 0 Å². The smallest absolute Gasteiger partial charge is 0.156 e. The largest absolute Gasteiger partial charge is 0.298 e. The highest BCUT2D eigenvalue weighted by atomic mass is 32.2. The summed E-state index contributed by atoms with van der Waals surface area (Å²) in [6, 6.07) is 0. The van der Waals surface area contributed by atoms with Crippen molar-refractivity contribution in [2.75, 3.05) is 5.75 Å². The molecule has 0 amide bonds. The molecular weight excluding hydrogens is 210 g/mol. The quantitative estimate of drug-likeness (QED) is 0.776. The SMILES string of the molecule is Cn1ncnc1CC(=O)C1(C)CCCS1. The van der Waals surface area contributed by atoms with Gasteiger partial charge in [0.15, 0.2) is 5.78 Å². The molecular formula is C10H15N3OS. The van der Waals surface area contributed by atoms with Gasteiger partial charge in [0.05, 0.1) is 11.2 Å². The molecule has 1 fully saturated rings. The van der Waals surface area contributed by atoms with E-state index in [-0.39, 0.29) is 10.5 Å². The van der Waals surface area contributed by atoms with E-state index in [1.54, 1.807) is 16.4 Å². The van der Waals surface area contributed by atoms with Crippen LogP contribution in [0.2, 0.25) is 0 Å². The second-order valence-corrected chi connectivity index (χ2v) is 5.68. The molecule has 5 heteroatoms. The van der Waals surface area contributed by atoms with Crippen molar-refractivity contribution in [2.24, 2.45) is 7.05 Å². The monoisotopic (exact) mass is 225 g/mol. The molecule has 0 saturated carbocycles. The maximum Gasteiger partial charge on any atom is 0.156 e. The Kier molecular flexibility index (Phi) is 2.82. The lowest BCUT2D eigenvalue weighted by Crippen LogP contribution is -2.31. The molecule has 1 atom stereocenters. The fourth-order valence-electron chi connectivity index (χ4n) is 1.81. The number of aromatic nitrogens is 3. The van der Waals surface area contributed by atoms with Crippen molar-refractivity contribution in [2.45, 2.75) is 30.9 Å². The molecule has 0 spiro atoms. The first-order chi connectivity index (χ1) is 7.12. The van der Waals surface area contributed by atoms with E-state index in [4.69, 9.17) is 0 Å². The summed E-state index contributed by atoms with van der Waals surface area (Å²) in [4.78, 5) is 16.2. The number of rotatable bonds is 3. The van der Waals surface area contributed by atoms with Crippen LogP contribution in [0.4, 0.5) is 0 Å². The van der Waals surface area contributed by atoms with E-state index < -0.39 is 0 Å². The molecule has 2 rings (SSSR count). The molecule has 15 heavy (non-hydrogen) atoms. The van der Waals surface area contributed by atoms with Gasteiger partial charge in [-0.1, -0.05) is 0 Å². The number of hydrogen-bond donors (Lipinski definition) is 0. The van der Waals surface area contributed by atoms with Gasteiger partial charge in [0.1, 0.15) is 12.2 Å². The van der Waals surface area contributed by atoms with Crippen LogP contribution in [-0.2, 0) is 18.3 Å². The van der Waals surface area contributed by atoms with Crippen LogP contribution >= 0.6 is 11.8 Å². The molecule has 1 saturated heterocycles. The second-order valence-electron chi connectivity index (χ2n) is 4.08. The van der Waals surface area contributed by atoms with E-state index in [2.05, 4.69) is 10.1 Å². The Labute approximate surface area is 93.5 Å². The molecule has 0 radical (unpaired) electrons.